The summed E-state index contributed by atoms with van der Waals surface area (Å²) in [6.45, 7) is 10.2. The minimum atomic E-state index is 0.633. The van der Waals surface area contributed by atoms with Gasteiger partial charge in [-0.15, -0.1) is 0 Å². The lowest BCUT2D eigenvalue weighted by Crippen LogP contribution is -2.36. The van der Waals surface area contributed by atoms with Crippen molar-refractivity contribution in [3.63, 3.8) is 0 Å². The summed E-state index contributed by atoms with van der Waals surface area (Å²) < 4.78 is 7.69. The second-order valence-electron chi connectivity index (χ2n) is 5.78. The number of nitrogens with zero attached hydrogens (tertiary/aromatic N) is 3. The van der Waals surface area contributed by atoms with E-state index in [0.29, 0.717) is 6.54 Å². The Balaban J connectivity index is 1.97. The largest absolute Gasteiger partial charge is 0.379 e. The second-order valence-corrected chi connectivity index (χ2v) is 5.78. The normalized spacial score (nSPS) is 16.7. The predicted molar refractivity (Wildman–Crippen MR) is 84.4 cm³/mol. The van der Waals surface area contributed by atoms with Crippen LogP contribution in [0.2, 0.25) is 0 Å². The zero-order valence-electron chi connectivity index (χ0n) is 12.9. The summed E-state index contributed by atoms with van der Waals surface area (Å²) in [6.07, 6.45) is 0. The number of aryl methyl sites for hydroxylation is 2. The molecule has 5 nitrogen and oxygen atoms in total. The van der Waals surface area contributed by atoms with Gasteiger partial charge in [-0.2, -0.15) is 0 Å². The van der Waals surface area contributed by atoms with Crippen molar-refractivity contribution in [2.45, 2.75) is 26.9 Å². The number of fused-ring (bicyclic) bond motifs is 1. The third-order valence-electron chi connectivity index (χ3n) is 4.26. The van der Waals surface area contributed by atoms with Gasteiger partial charge in [-0.05, 0) is 37.1 Å². The van der Waals surface area contributed by atoms with Gasteiger partial charge < -0.3 is 15.0 Å². The first-order valence-electron chi connectivity index (χ1n) is 7.65. The Bertz CT molecular complexity index is 629. The molecule has 2 heterocycles. The molecular formula is C16H24N4O. The van der Waals surface area contributed by atoms with Crippen molar-refractivity contribution in [2.75, 3.05) is 32.8 Å². The van der Waals surface area contributed by atoms with Crippen molar-refractivity contribution >= 4 is 11.0 Å². The molecule has 2 aromatic rings. The third-order valence-corrected chi connectivity index (χ3v) is 4.26. The second kappa shape index (κ2) is 6.13. The number of hydrogen-bond donors (Lipinski definition) is 1. The molecule has 1 saturated heterocycles. The topological polar surface area (TPSA) is 56.3 Å². The van der Waals surface area contributed by atoms with Crippen molar-refractivity contribution in [3.05, 3.63) is 29.1 Å². The molecule has 0 unspecified atom stereocenters. The summed E-state index contributed by atoms with van der Waals surface area (Å²) >= 11 is 0. The average Bonchev–Trinajstić information content (AvgIpc) is 2.79. The quantitative estimate of drug-likeness (QED) is 0.925. The van der Waals surface area contributed by atoms with Crippen LogP contribution in [0.4, 0.5) is 0 Å². The highest BCUT2D eigenvalue weighted by atomic mass is 16.5. The zero-order valence-corrected chi connectivity index (χ0v) is 12.9. The standard InChI is InChI=1S/C16H24N4O/c1-12-9-14-15(10-13(12)2)20(4-3-17)16(18-14)11-19-5-7-21-8-6-19/h9-10H,3-8,11,17H2,1-2H3. The van der Waals surface area contributed by atoms with Crippen molar-refractivity contribution in [1.29, 1.82) is 0 Å². The van der Waals surface area contributed by atoms with Gasteiger partial charge in [0, 0.05) is 26.2 Å². The summed E-state index contributed by atoms with van der Waals surface area (Å²) in [7, 11) is 0. The summed E-state index contributed by atoms with van der Waals surface area (Å²) in [5, 5.41) is 0. The van der Waals surface area contributed by atoms with Crippen LogP contribution >= 0.6 is 0 Å². The number of aromatic nitrogens is 2. The molecule has 114 valence electrons. The van der Waals surface area contributed by atoms with Gasteiger partial charge in [-0.3, -0.25) is 4.90 Å². The van der Waals surface area contributed by atoms with Crippen LogP contribution in [0.5, 0.6) is 0 Å². The Hall–Kier alpha value is -1.43. The van der Waals surface area contributed by atoms with Gasteiger partial charge in [-0.25, -0.2) is 4.98 Å². The molecule has 5 heteroatoms. The summed E-state index contributed by atoms with van der Waals surface area (Å²) in [5.41, 5.74) is 10.7. The maximum Gasteiger partial charge on any atom is 0.124 e. The van der Waals surface area contributed by atoms with Crippen LogP contribution < -0.4 is 5.73 Å². The van der Waals surface area contributed by atoms with Crippen molar-refractivity contribution in [1.82, 2.24) is 14.5 Å². The smallest absolute Gasteiger partial charge is 0.124 e. The Kier molecular flexibility index (Phi) is 4.24. The fourth-order valence-electron chi connectivity index (χ4n) is 2.89. The molecule has 0 bridgehead atoms. The van der Waals surface area contributed by atoms with E-state index < -0.39 is 0 Å². The van der Waals surface area contributed by atoms with Crippen molar-refractivity contribution in [3.8, 4) is 0 Å². The predicted octanol–water partition coefficient (Wildman–Crippen LogP) is 1.44. The average molecular weight is 288 g/mol. The molecule has 1 aromatic carbocycles. The highest BCUT2D eigenvalue weighted by molar-refractivity contribution is 5.78. The molecule has 1 aliphatic rings. The highest BCUT2D eigenvalue weighted by Gasteiger charge is 2.16. The van der Waals surface area contributed by atoms with Crippen LogP contribution in [0.3, 0.4) is 0 Å². The van der Waals surface area contributed by atoms with E-state index >= 15 is 0 Å². The first kappa shape index (κ1) is 14.5. The first-order chi connectivity index (χ1) is 10.2. The molecule has 1 aliphatic heterocycles. The van der Waals surface area contributed by atoms with Crippen LogP contribution in [0, 0.1) is 13.8 Å². The lowest BCUT2D eigenvalue weighted by molar-refractivity contribution is 0.0326. The number of nitrogens with two attached hydrogens (primary N) is 1. The van der Waals surface area contributed by atoms with E-state index in [-0.39, 0.29) is 0 Å². The Morgan fingerprint density at radius 3 is 2.62 bits per heavy atom. The zero-order chi connectivity index (χ0) is 14.8. The van der Waals surface area contributed by atoms with Crippen LogP contribution in [0.25, 0.3) is 11.0 Å². The molecule has 0 spiro atoms. The molecule has 21 heavy (non-hydrogen) atoms. The molecule has 1 aromatic heterocycles. The lowest BCUT2D eigenvalue weighted by Gasteiger charge is -2.26. The van der Waals surface area contributed by atoms with E-state index in [2.05, 4.69) is 35.4 Å². The van der Waals surface area contributed by atoms with Crippen LogP contribution in [-0.4, -0.2) is 47.3 Å². The number of ether oxygens (including phenoxy) is 1. The maximum atomic E-state index is 5.80. The summed E-state index contributed by atoms with van der Waals surface area (Å²) in [6, 6.07) is 4.41. The Labute approximate surface area is 125 Å². The number of benzene rings is 1. The summed E-state index contributed by atoms with van der Waals surface area (Å²) in [4.78, 5) is 7.25. The molecule has 0 atom stereocenters. The molecule has 3 rings (SSSR count). The lowest BCUT2D eigenvalue weighted by atomic mass is 10.1. The monoisotopic (exact) mass is 288 g/mol. The molecule has 0 radical (unpaired) electrons. The molecule has 0 saturated carbocycles. The number of imidazole rings is 1. The Morgan fingerprint density at radius 1 is 1.19 bits per heavy atom. The maximum absolute atomic E-state index is 5.80. The van der Waals surface area contributed by atoms with E-state index in [0.717, 1.165) is 50.7 Å². The minimum absolute atomic E-state index is 0.633. The van der Waals surface area contributed by atoms with E-state index in [1.54, 1.807) is 0 Å². The van der Waals surface area contributed by atoms with Crippen LogP contribution in [0.15, 0.2) is 12.1 Å². The SMILES string of the molecule is Cc1cc2nc(CN3CCOCC3)n(CCN)c2cc1C. The minimum Gasteiger partial charge on any atom is -0.379 e. The molecule has 0 aliphatic carbocycles. The van der Waals surface area contributed by atoms with Gasteiger partial charge in [0.1, 0.15) is 5.82 Å². The van der Waals surface area contributed by atoms with E-state index in [4.69, 9.17) is 15.5 Å². The van der Waals surface area contributed by atoms with Crippen LogP contribution in [0.1, 0.15) is 17.0 Å². The van der Waals surface area contributed by atoms with Crippen molar-refractivity contribution < 1.29 is 4.74 Å². The first-order valence-corrected chi connectivity index (χ1v) is 7.65. The Morgan fingerprint density at radius 2 is 1.90 bits per heavy atom. The highest BCUT2D eigenvalue weighted by Crippen LogP contribution is 2.21. The number of rotatable bonds is 4. The fourth-order valence-corrected chi connectivity index (χ4v) is 2.89. The fraction of sp³-hybridized carbons (Fsp3) is 0.562. The van der Waals surface area contributed by atoms with Gasteiger partial charge >= 0.3 is 0 Å². The van der Waals surface area contributed by atoms with Crippen LogP contribution in [-0.2, 0) is 17.8 Å². The summed E-state index contributed by atoms with van der Waals surface area (Å²) in [5.74, 6) is 1.11. The number of morpholine rings is 1. The van der Waals surface area contributed by atoms with E-state index in [1.807, 2.05) is 0 Å². The molecular weight excluding hydrogens is 264 g/mol. The van der Waals surface area contributed by atoms with Gasteiger partial charge in [0.25, 0.3) is 0 Å². The molecule has 2 N–H and O–H groups in total. The van der Waals surface area contributed by atoms with E-state index in [1.165, 1.54) is 16.6 Å². The van der Waals surface area contributed by atoms with Gasteiger partial charge in [0.05, 0.1) is 30.8 Å². The number of hydrogen-bond acceptors (Lipinski definition) is 4. The van der Waals surface area contributed by atoms with Gasteiger partial charge in [0.15, 0.2) is 0 Å². The van der Waals surface area contributed by atoms with Gasteiger partial charge in [-0.1, -0.05) is 0 Å². The van der Waals surface area contributed by atoms with Gasteiger partial charge in [0.2, 0.25) is 0 Å². The molecule has 1 fully saturated rings. The van der Waals surface area contributed by atoms with E-state index in [9.17, 15) is 0 Å². The third kappa shape index (κ3) is 2.95. The molecule has 0 amide bonds. The van der Waals surface area contributed by atoms with Crippen molar-refractivity contribution in [2.24, 2.45) is 5.73 Å².